The molecule has 1 amide bonds. The van der Waals surface area contributed by atoms with Gasteiger partial charge < -0.3 is 14.6 Å². The van der Waals surface area contributed by atoms with Crippen molar-refractivity contribution in [3.8, 4) is 11.3 Å². The predicted octanol–water partition coefficient (Wildman–Crippen LogP) is 4.95. The van der Waals surface area contributed by atoms with Crippen LogP contribution >= 0.6 is 0 Å². The van der Waals surface area contributed by atoms with Crippen LogP contribution in [-0.2, 0) is 25.9 Å². The van der Waals surface area contributed by atoms with Crippen LogP contribution in [0.25, 0.3) is 16.8 Å². The third-order valence-corrected chi connectivity index (χ3v) is 10.3. The Hall–Kier alpha value is -3.74. The van der Waals surface area contributed by atoms with Gasteiger partial charge in [0, 0.05) is 12.6 Å². The van der Waals surface area contributed by atoms with E-state index in [2.05, 4.69) is 5.32 Å². The molecule has 9 nitrogen and oxygen atoms in total. The van der Waals surface area contributed by atoms with Gasteiger partial charge in [-0.15, -0.1) is 0 Å². The monoisotopic (exact) mass is 632 g/mol. The van der Waals surface area contributed by atoms with Crippen LogP contribution in [-0.4, -0.2) is 55.6 Å². The minimum Gasteiger partial charge on any atom is -0.399 e. The van der Waals surface area contributed by atoms with Crippen molar-refractivity contribution in [1.82, 2.24) is 14.9 Å². The number of hydrogen-bond acceptors (Lipinski definition) is 6. The number of pyridine rings is 1. The van der Waals surface area contributed by atoms with Crippen LogP contribution in [0.2, 0.25) is 0 Å². The van der Waals surface area contributed by atoms with E-state index in [0.29, 0.717) is 33.6 Å². The van der Waals surface area contributed by atoms with Crippen LogP contribution in [0, 0.1) is 12.7 Å². The first-order chi connectivity index (χ1) is 21.1. The number of halogens is 1. The highest BCUT2D eigenvalue weighted by molar-refractivity contribution is 7.92. The number of aryl methyl sites for hydroxylation is 1. The molecule has 0 radical (unpaired) electrons. The molecule has 2 aromatic heterocycles. The zero-order valence-electron chi connectivity index (χ0n) is 26.6. The molecule has 1 N–H and O–H groups in total. The zero-order chi connectivity index (χ0) is 32.5. The normalized spacial score (nSPS) is 17.6. The Balaban J connectivity index is 1.45. The van der Waals surface area contributed by atoms with Gasteiger partial charge in [0.25, 0.3) is 5.91 Å². The maximum atomic E-state index is 13.6. The lowest BCUT2D eigenvalue weighted by atomic mass is 9.76. The lowest BCUT2D eigenvalue weighted by Crippen LogP contribution is -2.41. The molecular weight excluding hydrogens is 594 g/mol. The highest BCUT2D eigenvalue weighted by Crippen LogP contribution is 2.48. The number of nitrogens with zero attached hydrogens (tertiary/aromatic N) is 3. The van der Waals surface area contributed by atoms with Gasteiger partial charge in [0.05, 0.1) is 52.7 Å². The van der Waals surface area contributed by atoms with Gasteiger partial charge in [-0.2, -0.15) is 5.10 Å². The molecule has 4 aromatic rings. The molecule has 236 valence electrons. The minimum absolute atomic E-state index is 0.0261. The lowest BCUT2D eigenvalue weighted by molar-refractivity contribution is 0.00578. The summed E-state index contributed by atoms with van der Waals surface area (Å²) in [5.74, 6) is -0.668. The Labute approximate surface area is 263 Å². The fourth-order valence-corrected chi connectivity index (χ4v) is 6.74. The third kappa shape index (κ3) is 5.75. The second kappa shape index (κ2) is 11.0. The van der Waals surface area contributed by atoms with Crippen molar-refractivity contribution < 1.29 is 26.9 Å². The Morgan fingerprint density at radius 1 is 1.09 bits per heavy atom. The van der Waals surface area contributed by atoms with Gasteiger partial charge in [-0.3, -0.25) is 9.10 Å². The van der Waals surface area contributed by atoms with Crippen molar-refractivity contribution in [3.63, 3.8) is 0 Å². The average Bonchev–Trinajstić information content (AvgIpc) is 3.66. The van der Waals surface area contributed by atoms with Crippen molar-refractivity contribution in [3.05, 3.63) is 82.8 Å². The largest absolute Gasteiger partial charge is 0.495 e. The second-order valence-electron chi connectivity index (χ2n) is 13.1. The van der Waals surface area contributed by atoms with Crippen molar-refractivity contribution in [2.75, 3.05) is 17.6 Å². The van der Waals surface area contributed by atoms with Gasteiger partial charge in [-0.25, -0.2) is 17.3 Å². The molecule has 3 heterocycles. The van der Waals surface area contributed by atoms with Crippen LogP contribution < -0.4 is 15.1 Å². The van der Waals surface area contributed by atoms with Crippen molar-refractivity contribution in [1.29, 1.82) is 0 Å². The number of benzene rings is 2. The first kappa shape index (κ1) is 31.3. The molecule has 2 aliphatic rings. The summed E-state index contributed by atoms with van der Waals surface area (Å²) in [7, 11) is -2.80. The number of rotatable bonds is 8. The fourth-order valence-electron chi connectivity index (χ4n) is 5.86. The quantitative estimate of drug-likeness (QED) is 0.276. The van der Waals surface area contributed by atoms with E-state index < -0.39 is 28.3 Å². The Kier molecular flexibility index (Phi) is 7.61. The van der Waals surface area contributed by atoms with E-state index in [1.165, 1.54) is 22.7 Å². The molecule has 0 atom stereocenters. The van der Waals surface area contributed by atoms with Crippen molar-refractivity contribution >= 4 is 39.7 Å². The number of anilines is 1. The Morgan fingerprint density at radius 3 is 2.29 bits per heavy atom. The Bertz CT molecular complexity index is 1900. The number of fused-ring (bicyclic) bond motifs is 1. The van der Waals surface area contributed by atoms with E-state index in [4.69, 9.17) is 14.4 Å². The van der Waals surface area contributed by atoms with E-state index in [-0.39, 0.29) is 24.2 Å². The lowest BCUT2D eigenvalue weighted by Gasteiger charge is -2.32. The number of hydrogen-bond donors (Lipinski definition) is 1. The molecule has 0 bridgehead atoms. The maximum Gasteiger partial charge on any atom is 0.495 e. The number of sulfonamides is 1. The van der Waals surface area contributed by atoms with E-state index in [1.54, 1.807) is 36.0 Å². The first-order valence-electron chi connectivity index (χ1n) is 15.1. The standard InChI is InChI=1S/C33H38BFN4O5S/c1-20-16-21(8-15-25(20)34-43-32(2,3)33(4,5)44-34)18-39(45(7,41)42)28-19-38-27(30(31(40)36-6)29(28)23-9-10-23)17-26(37-38)22-11-13-24(35)14-12-22/h8,11-17,19,23H,9-10,18H2,1-7H3,(H,36,40). The maximum absolute atomic E-state index is 13.6. The summed E-state index contributed by atoms with van der Waals surface area (Å²) >= 11 is 0. The highest BCUT2D eigenvalue weighted by atomic mass is 32.2. The summed E-state index contributed by atoms with van der Waals surface area (Å²) in [5.41, 5.74) is 4.85. The number of amides is 1. The Morgan fingerprint density at radius 2 is 1.73 bits per heavy atom. The van der Waals surface area contributed by atoms with Gasteiger partial charge in [0.1, 0.15) is 5.82 Å². The van der Waals surface area contributed by atoms with Crippen LogP contribution in [0.4, 0.5) is 10.1 Å². The second-order valence-corrected chi connectivity index (χ2v) is 15.0. The predicted molar refractivity (Wildman–Crippen MR) is 174 cm³/mol. The number of carbonyl (C=O) groups is 1. The van der Waals surface area contributed by atoms with Crippen LogP contribution in [0.1, 0.15) is 73.5 Å². The van der Waals surface area contributed by atoms with E-state index >= 15 is 0 Å². The molecule has 0 unspecified atom stereocenters. The van der Waals surface area contributed by atoms with E-state index in [9.17, 15) is 17.6 Å². The number of aromatic nitrogens is 2. The van der Waals surface area contributed by atoms with Gasteiger partial charge in [-0.1, -0.05) is 23.8 Å². The van der Waals surface area contributed by atoms with Crippen molar-refractivity contribution in [2.45, 2.75) is 71.1 Å². The van der Waals surface area contributed by atoms with Gasteiger partial charge in [0.15, 0.2) is 0 Å². The zero-order valence-corrected chi connectivity index (χ0v) is 27.5. The molecule has 2 fully saturated rings. The molecular formula is C33H38BFN4O5S. The van der Waals surface area contributed by atoms with Gasteiger partial charge in [-0.05, 0) is 100 Å². The summed E-state index contributed by atoms with van der Waals surface area (Å²) in [5, 5.41) is 7.44. The molecule has 0 spiro atoms. The summed E-state index contributed by atoms with van der Waals surface area (Å²) in [4.78, 5) is 13.5. The summed E-state index contributed by atoms with van der Waals surface area (Å²) < 4.78 is 56.1. The molecule has 1 saturated carbocycles. The third-order valence-electron chi connectivity index (χ3n) is 9.20. The van der Waals surface area contributed by atoms with E-state index in [1.807, 2.05) is 52.8 Å². The van der Waals surface area contributed by atoms with Crippen LogP contribution in [0.15, 0.2) is 54.7 Å². The van der Waals surface area contributed by atoms with Gasteiger partial charge >= 0.3 is 7.12 Å². The molecule has 1 aliphatic carbocycles. The molecule has 1 aliphatic heterocycles. The average molecular weight is 633 g/mol. The van der Waals surface area contributed by atoms with E-state index in [0.717, 1.165) is 29.4 Å². The summed E-state index contributed by atoms with van der Waals surface area (Å²) in [6, 6.07) is 13.5. The van der Waals surface area contributed by atoms with Gasteiger partial charge in [0.2, 0.25) is 10.0 Å². The molecule has 1 saturated heterocycles. The summed E-state index contributed by atoms with van der Waals surface area (Å²) in [6.07, 6.45) is 4.54. The molecule has 12 heteroatoms. The molecule has 45 heavy (non-hydrogen) atoms. The number of carbonyl (C=O) groups excluding carboxylic acids is 1. The topological polar surface area (TPSA) is 102 Å². The van der Waals surface area contributed by atoms with Crippen LogP contribution in [0.5, 0.6) is 0 Å². The van der Waals surface area contributed by atoms with Crippen LogP contribution in [0.3, 0.4) is 0 Å². The first-order valence-corrected chi connectivity index (χ1v) is 16.9. The SMILES string of the molecule is CNC(=O)c1c(C2CC2)c(N(Cc2ccc(B3OC(C)(C)C(C)(C)O3)c(C)c2)S(C)(=O)=O)cn2nc(-c3ccc(F)cc3)cc12. The highest BCUT2D eigenvalue weighted by Gasteiger charge is 2.52. The summed E-state index contributed by atoms with van der Waals surface area (Å²) in [6.45, 7) is 10.0. The fraction of sp³-hybridized carbons (Fsp3) is 0.394. The van der Waals surface area contributed by atoms with Crippen molar-refractivity contribution in [2.24, 2.45) is 0 Å². The molecule has 2 aromatic carbocycles. The smallest absolute Gasteiger partial charge is 0.399 e. The molecule has 6 rings (SSSR count). The number of nitrogens with one attached hydrogen (secondary N) is 1. The minimum atomic E-state index is -3.81.